The van der Waals surface area contributed by atoms with Crippen molar-refractivity contribution < 1.29 is 9.59 Å². The van der Waals surface area contributed by atoms with E-state index in [4.69, 9.17) is 0 Å². The summed E-state index contributed by atoms with van der Waals surface area (Å²) in [6.07, 6.45) is 3.49. The van der Waals surface area contributed by atoms with Crippen molar-refractivity contribution in [1.29, 1.82) is 0 Å². The largest absolute Gasteiger partial charge is 0.296 e. The van der Waals surface area contributed by atoms with Gasteiger partial charge >= 0.3 is 0 Å². The van der Waals surface area contributed by atoms with E-state index in [2.05, 4.69) is 20.2 Å². The van der Waals surface area contributed by atoms with Gasteiger partial charge in [0.2, 0.25) is 5.91 Å². The maximum atomic E-state index is 12.1. The first-order valence-corrected chi connectivity index (χ1v) is 7.21. The van der Waals surface area contributed by atoms with Gasteiger partial charge < -0.3 is 0 Å². The van der Waals surface area contributed by atoms with Crippen molar-refractivity contribution in [2.75, 3.05) is 17.2 Å². The normalized spacial score (nSPS) is 18.9. The minimum atomic E-state index is 0.0281. The van der Waals surface area contributed by atoms with Gasteiger partial charge in [-0.05, 0) is 5.92 Å². The van der Waals surface area contributed by atoms with Gasteiger partial charge in [0.15, 0.2) is 10.8 Å². The van der Waals surface area contributed by atoms with E-state index >= 15 is 0 Å². The number of rotatable bonds is 3. The molecule has 1 amide bonds. The van der Waals surface area contributed by atoms with E-state index in [-0.39, 0.29) is 16.9 Å². The number of H-pyrrole nitrogens is 1. The maximum absolute atomic E-state index is 12.1. The van der Waals surface area contributed by atoms with E-state index in [0.717, 1.165) is 5.39 Å². The van der Waals surface area contributed by atoms with Crippen LogP contribution in [0.5, 0.6) is 0 Å². The molecule has 1 unspecified atom stereocenters. The van der Waals surface area contributed by atoms with E-state index in [0.29, 0.717) is 30.2 Å². The molecule has 3 rings (SSSR count). The van der Waals surface area contributed by atoms with Crippen LogP contribution < -0.4 is 4.90 Å². The third-order valence-corrected chi connectivity index (χ3v) is 4.25. The molecule has 1 aliphatic rings. The highest BCUT2D eigenvalue weighted by Crippen LogP contribution is 2.29. The smallest absolute Gasteiger partial charge is 0.228 e. The summed E-state index contributed by atoms with van der Waals surface area (Å²) in [7, 11) is 0. The molecule has 0 aliphatic carbocycles. The first-order valence-electron chi connectivity index (χ1n) is 6.23. The summed E-state index contributed by atoms with van der Waals surface area (Å²) in [6, 6.07) is 0. The van der Waals surface area contributed by atoms with Crippen molar-refractivity contribution in [3.8, 4) is 0 Å². The summed E-state index contributed by atoms with van der Waals surface area (Å²) in [5.41, 5.74) is 0.615. The number of anilines is 1. The molecule has 3 heterocycles. The Labute approximate surface area is 119 Å². The summed E-state index contributed by atoms with van der Waals surface area (Å²) >= 11 is 1.26. The lowest BCUT2D eigenvalue weighted by Crippen LogP contribution is -2.26. The van der Waals surface area contributed by atoms with Gasteiger partial charge in [-0.3, -0.25) is 19.6 Å². The SMILES string of the molecule is CC(=O)SCC1CC(=O)N(c2ncnc3[nH]ncc23)C1. The Kier molecular flexibility index (Phi) is 3.39. The summed E-state index contributed by atoms with van der Waals surface area (Å²) < 4.78 is 0. The van der Waals surface area contributed by atoms with Gasteiger partial charge in [0.05, 0.1) is 11.6 Å². The third kappa shape index (κ3) is 2.38. The van der Waals surface area contributed by atoms with Crippen molar-refractivity contribution in [2.45, 2.75) is 13.3 Å². The van der Waals surface area contributed by atoms with Gasteiger partial charge in [0.1, 0.15) is 12.1 Å². The number of fused-ring (bicyclic) bond motifs is 1. The fourth-order valence-electron chi connectivity index (χ4n) is 2.30. The van der Waals surface area contributed by atoms with Crippen LogP contribution in [0.25, 0.3) is 11.0 Å². The van der Waals surface area contributed by atoms with E-state index in [1.807, 2.05) is 0 Å². The van der Waals surface area contributed by atoms with Gasteiger partial charge in [-0.1, -0.05) is 11.8 Å². The molecular formula is C12H13N5O2S. The summed E-state index contributed by atoms with van der Waals surface area (Å²) in [5.74, 6) is 1.45. The van der Waals surface area contributed by atoms with Gasteiger partial charge in [0.25, 0.3) is 0 Å². The lowest BCUT2D eigenvalue weighted by Gasteiger charge is -2.15. The van der Waals surface area contributed by atoms with Crippen molar-refractivity contribution in [2.24, 2.45) is 5.92 Å². The van der Waals surface area contributed by atoms with E-state index in [1.165, 1.54) is 18.1 Å². The highest BCUT2D eigenvalue weighted by atomic mass is 32.2. The average molecular weight is 291 g/mol. The number of aromatic nitrogens is 4. The second kappa shape index (κ2) is 5.20. The Hall–Kier alpha value is -1.96. The molecule has 0 saturated carbocycles. The minimum Gasteiger partial charge on any atom is -0.296 e. The number of amides is 1. The van der Waals surface area contributed by atoms with Crippen molar-refractivity contribution in [3.05, 3.63) is 12.5 Å². The molecule has 0 bridgehead atoms. The molecule has 20 heavy (non-hydrogen) atoms. The van der Waals surface area contributed by atoms with Crippen molar-refractivity contribution >= 4 is 39.6 Å². The molecule has 1 saturated heterocycles. The van der Waals surface area contributed by atoms with Crippen LogP contribution in [-0.2, 0) is 9.59 Å². The standard InChI is InChI=1S/C12H13N5O2S/c1-7(18)20-5-8-2-10(19)17(4-8)12-9-3-15-16-11(9)13-6-14-12/h3,6,8H,2,4-5H2,1H3,(H,13,14,15,16). The molecule has 0 aromatic carbocycles. The number of carbonyl (C=O) groups excluding carboxylic acids is 2. The molecule has 1 N–H and O–H groups in total. The molecule has 2 aromatic rings. The topological polar surface area (TPSA) is 91.8 Å². The lowest BCUT2D eigenvalue weighted by molar-refractivity contribution is -0.117. The van der Waals surface area contributed by atoms with E-state index in [9.17, 15) is 9.59 Å². The highest BCUT2D eigenvalue weighted by Gasteiger charge is 2.32. The molecular weight excluding hydrogens is 278 g/mol. The summed E-state index contributed by atoms with van der Waals surface area (Å²) in [4.78, 5) is 33.1. The predicted octanol–water partition coefficient (Wildman–Crippen LogP) is 0.985. The fraction of sp³-hybridized carbons (Fsp3) is 0.417. The molecule has 0 spiro atoms. The van der Waals surface area contributed by atoms with E-state index in [1.54, 1.807) is 18.0 Å². The Balaban J connectivity index is 1.82. The Bertz CT molecular complexity index is 671. The van der Waals surface area contributed by atoms with Gasteiger partial charge in [-0.2, -0.15) is 5.10 Å². The first kappa shape index (κ1) is 13.0. The first-order chi connectivity index (χ1) is 9.65. The fourth-order valence-corrected chi connectivity index (χ4v) is 2.99. The average Bonchev–Trinajstić information content (AvgIpc) is 3.02. The zero-order valence-corrected chi connectivity index (χ0v) is 11.7. The number of nitrogens with one attached hydrogen (secondary N) is 1. The van der Waals surface area contributed by atoms with Crippen LogP contribution in [0, 0.1) is 5.92 Å². The number of thioether (sulfide) groups is 1. The van der Waals surface area contributed by atoms with Crippen LogP contribution in [0.15, 0.2) is 12.5 Å². The maximum Gasteiger partial charge on any atom is 0.228 e. The van der Waals surface area contributed by atoms with Crippen LogP contribution >= 0.6 is 11.8 Å². The summed E-state index contributed by atoms with van der Waals surface area (Å²) in [6.45, 7) is 2.12. The Morgan fingerprint density at radius 2 is 2.40 bits per heavy atom. The molecule has 1 atom stereocenters. The van der Waals surface area contributed by atoms with Crippen LogP contribution in [-0.4, -0.2) is 43.5 Å². The molecule has 104 valence electrons. The Morgan fingerprint density at radius 1 is 1.55 bits per heavy atom. The van der Waals surface area contributed by atoms with Crippen molar-refractivity contribution in [1.82, 2.24) is 20.2 Å². The molecule has 1 aliphatic heterocycles. The highest BCUT2D eigenvalue weighted by molar-refractivity contribution is 8.13. The molecule has 2 aromatic heterocycles. The number of hydrogen-bond donors (Lipinski definition) is 1. The third-order valence-electron chi connectivity index (χ3n) is 3.21. The molecule has 0 radical (unpaired) electrons. The van der Waals surface area contributed by atoms with E-state index < -0.39 is 0 Å². The second-order valence-corrected chi connectivity index (χ2v) is 5.90. The molecule has 1 fully saturated rings. The minimum absolute atomic E-state index is 0.0281. The van der Waals surface area contributed by atoms with Gasteiger partial charge in [0, 0.05) is 25.6 Å². The van der Waals surface area contributed by atoms with Gasteiger partial charge in [-0.25, -0.2) is 9.97 Å². The zero-order valence-electron chi connectivity index (χ0n) is 10.9. The predicted molar refractivity (Wildman–Crippen MR) is 75.3 cm³/mol. The quantitative estimate of drug-likeness (QED) is 0.906. The van der Waals surface area contributed by atoms with Crippen LogP contribution in [0.3, 0.4) is 0 Å². The van der Waals surface area contributed by atoms with Crippen LogP contribution in [0.1, 0.15) is 13.3 Å². The molecule has 8 heteroatoms. The second-order valence-electron chi connectivity index (χ2n) is 4.71. The Morgan fingerprint density at radius 3 is 3.20 bits per heavy atom. The number of carbonyl (C=O) groups is 2. The van der Waals surface area contributed by atoms with Crippen molar-refractivity contribution in [3.63, 3.8) is 0 Å². The monoisotopic (exact) mass is 291 g/mol. The number of nitrogens with zero attached hydrogens (tertiary/aromatic N) is 4. The lowest BCUT2D eigenvalue weighted by atomic mass is 10.1. The molecule has 7 nitrogen and oxygen atoms in total. The zero-order chi connectivity index (χ0) is 14.1. The number of aromatic amines is 1. The summed E-state index contributed by atoms with van der Waals surface area (Å²) in [5, 5.41) is 7.50. The van der Waals surface area contributed by atoms with Gasteiger partial charge in [-0.15, -0.1) is 0 Å². The number of hydrogen-bond acceptors (Lipinski definition) is 6. The van der Waals surface area contributed by atoms with Crippen LogP contribution in [0.4, 0.5) is 5.82 Å². The van der Waals surface area contributed by atoms with Crippen LogP contribution in [0.2, 0.25) is 0 Å².